The molecule has 2 rings (SSSR count). The highest BCUT2D eigenvalue weighted by molar-refractivity contribution is 5.94. The molecule has 6 heteroatoms. The van der Waals surface area contributed by atoms with E-state index in [1.54, 1.807) is 0 Å². The summed E-state index contributed by atoms with van der Waals surface area (Å²) in [6, 6.07) is 11.6. The van der Waals surface area contributed by atoms with E-state index >= 15 is 0 Å². The van der Waals surface area contributed by atoms with Gasteiger partial charge in [-0.3, -0.25) is 14.5 Å². The Labute approximate surface area is 274 Å². The number of imide groups is 1. The van der Waals surface area contributed by atoms with Crippen LogP contribution in [0.15, 0.2) is 42.6 Å². The largest absolute Gasteiger partial charge is 0.493 e. The van der Waals surface area contributed by atoms with Gasteiger partial charge >= 0.3 is 0 Å². The number of pyridine rings is 1. The molecular weight excluding hydrogens is 560 g/mol. The maximum absolute atomic E-state index is 13.1. The number of unbranched alkanes of at least 4 members (excludes halogenated alkanes) is 13. The monoisotopic (exact) mass is 623 g/mol. The topological polar surface area (TPSA) is 59.7 Å². The smallest absolute Gasteiger partial charge is 0.267 e. The molecule has 0 aliphatic carbocycles. The van der Waals surface area contributed by atoms with Gasteiger partial charge in [-0.25, -0.2) is 4.57 Å². The molecule has 0 saturated carbocycles. The molecule has 45 heavy (non-hydrogen) atoms. The van der Waals surface area contributed by atoms with Crippen molar-refractivity contribution in [1.29, 1.82) is 0 Å². The Morgan fingerprint density at radius 1 is 0.756 bits per heavy atom. The maximum atomic E-state index is 13.1. The SMILES string of the molecule is CCCCCCCCCCCCCCCCOc1ccc(OCC(=O)N(Cc2cccc[n+]2CCC)C(C)=O)cc1C(C)(C)C. The summed E-state index contributed by atoms with van der Waals surface area (Å²) in [7, 11) is 0. The van der Waals surface area contributed by atoms with Gasteiger partial charge in [0.15, 0.2) is 12.8 Å². The Kier molecular flexibility index (Phi) is 18.5. The van der Waals surface area contributed by atoms with Gasteiger partial charge < -0.3 is 9.47 Å². The maximum Gasteiger partial charge on any atom is 0.267 e. The number of hydrogen-bond donors (Lipinski definition) is 0. The first kappa shape index (κ1) is 38.3. The highest BCUT2D eigenvalue weighted by atomic mass is 16.5. The van der Waals surface area contributed by atoms with Crippen LogP contribution in [0.4, 0.5) is 0 Å². The van der Waals surface area contributed by atoms with Gasteiger partial charge in [0.05, 0.1) is 6.61 Å². The van der Waals surface area contributed by atoms with E-state index in [2.05, 4.69) is 39.2 Å². The first-order valence-corrected chi connectivity index (χ1v) is 17.9. The van der Waals surface area contributed by atoms with Crippen LogP contribution in [-0.2, 0) is 28.1 Å². The van der Waals surface area contributed by atoms with Gasteiger partial charge in [0.25, 0.3) is 5.91 Å². The van der Waals surface area contributed by atoms with Gasteiger partial charge in [-0.15, -0.1) is 0 Å². The third-order valence-electron chi connectivity index (χ3n) is 8.38. The van der Waals surface area contributed by atoms with Crippen molar-refractivity contribution in [2.75, 3.05) is 13.2 Å². The summed E-state index contributed by atoms with van der Waals surface area (Å²) in [6.45, 7) is 13.8. The van der Waals surface area contributed by atoms with Crippen LogP contribution < -0.4 is 14.0 Å². The number of rotatable bonds is 23. The zero-order valence-electron chi connectivity index (χ0n) is 29.5. The molecule has 252 valence electrons. The lowest BCUT2D eigenvalue weighted by atomic mass is 9.86. The zero-order valence-corrected chi connectivity index (χ0v) is 29.5. The number of carbonyl (C=O) groups is 2. The minimum absolute atomic E-state index is 0.153. The molecule has 0 aliphatic heterocycles. The van der Waals surface area contributed by atoms with E-state index in [0.717, 1.165) is 36.4 Å². The fraction of sp³-hybridized carbons (Fsp3) is 0.667. The van der Waals surface area contributed by atoms with Crippen LogP contribution in [0, 0.1) is 0 Å². The fourth-order valence-electron chi connectivity index (χ4n) is 5.66. The van der Waals surface area contributed by atoms with Crippen molar-refractivity contribution in [2.24, 2.45) is 0 Å². The van der Waals surface area contributed by atoms with Crippen molar-refractivity contribution < 1.29 is 23.6 Å². The number of nitrogens with zero attached hydrogens (tertiary/aromatic N) is 2. The zero-order chi connectivity index (χ0) is 32.9. The van der Waals surface area contributed by atoms with Gasteiger partial charge in [-0.05, 0) is 30.0 Å². The molecule has 0 fully saturated rings. The number of aromatic nitrogens is 1. The second kappa shape index (κ2) is 21.8. The van der Waals surface area contributed by atoms with Crippen molar-refractivity contribution in [3.8, 4) is 11.5 Å². The highest BCUT2D eigenvalue weighted by Gasteiger charge is 2.24. The number of hydrogen-bond acceptors (Lipinski definition) is 4. The van der Waals surface area contributed by atoms with Gasteiger partial charge in [-0.1, -0.05) is 124 Å². The number of benzene rings is 1. The molecule has 0 saturated heterocycles. The minimum atomic E-state index is -0.357. The van der Waals surface area contributed by atoms with E-state index in [9.17, 15) is 9.59 Å². The van der Waals surface area contributed by atoms with Crippen molar-refractivity contribution in [3.05, 3.63) is 53.9 Å². The second-order valence-corrected chi connectivity index (χ2v) is 13.5. The standard InChI is InChI=1S/C39H63N2O4/c1-7-9-10-11-12-13-14-15-16-17-18-19-20-23-29-44-37-26-25-35(30-36(37)39(4,5)6)45-32-38(43)41(33(3)42)31-34-24-21-22-28-40(34)27-8-2/h21-22,24-26,28,30H,7-20,23,27,29,31-32H2,1-6H3/q+1. The summed E-state index contributed by atoms with van der Waals surface area (Å²) >= 11 is 0. The van der Waals surface area contributed by atoms with Gasteiger partial charge in [0, 0.05) is 31.0 Å². The predicted molar refractivity (Wildman–Crippen MR) is 185 cm³/mol. The second-order valence-electron chi connectivity index (χ2n) is 13.5. The molecule has 1 heterocycles. The van der Waals surface area contributed by atoms with Crippen LogP contribution in [-0.4, -0.2) is 29.9 Å². The molecule has 2 amide bonds. The van der Waals surface area contributed by atoms with E-state index in [1.165, 1.54) is 95.3 Å². The Hall–Kier alpha value is -2.89. The molecular formula is C39H63N2O4+. The molecule has 0 unspecified atom stereocenters. The van der Waals surface area contributed by atoms with Crippen molar-refractivity contribution in [2.45, 2.75) is 156 Å². The molecule has 0 bridgehead atoms. The lowest BCUT2D eigenvalue weighted by molar-refractivity contribution is -0.704. The summed E-state index contributed by atoms with van der Waals surface area (Å²) in [6.07, 6.45) is 21.7. The molecule has 0 spiro atoms. The van der Waals surface area contributed by atoms with Crippen LogP contribution in [0.5, 0.6) is 11.5 Å². The average Bonchev–Trinajstić information content (AvgIpc) is 3.01. The number of aryl methyl sites for hydroxylation is 1. The number of carbonyl (C=O) groups excluding carboxylic acids is 2. The lowest BCUT2D eigenvalue weighted by Crippen LogP contribution is -2.44. The summed E-state index contributed by atoms with van der Waals surface area (Å²) in [5.41, 5.74) is 1.81. The third-order valence-corrected chi connectivity index (χ3v) is 8.38. The van der Waals surface area contributed by atoms with Crippen molar-refractivity contribution >= 4 is 11.8 Å². The summed E-state index contributed by atoms with van der Waals surface area (Å²) in [5.74, 6) is 0.815. The van der Waals surface area contributed by atoms with Gasteiger partial charge in [0.2, 0.25) is 11.6 Å². The molecule has 0 aliphatic rings. The molecule has 2 aromatic rings. The van der Waals surface area contributed by atoms with Gasteiger partial charge in [0.1, 0.15) is 24.6 Å². The summed E-state index contributed by atoms with van der Waals surface area (Å²) in [5, 5.41) is 0. The van der Waals surface area contributed by atoms with Crippen LogP contribution in [0.3, 0.4) is 0 Å². The van der Waals surface area contributed by atoms with Crippen LogP contribution in [0.2, 0.25) is 0 Å². The fourth-order valence-corrected chi connectivity index (χ4v) is 5.66. The minimum Gasteiger partial charge on any atom is -0.493 e. The summed E-state index contributed by atoms with van der Waals surface area (Å²) in [4.78, 5) is 26.8. The van der Waals surface area contributed by atoms with Crippen LogP contribution in [0.25, 0.3) is 0 Å². The Morgan fingerprint density at radius 2 is 1.36 bits per heavy atom. The molecule has 1 aromatic carbocycles. The first-order valence-electron chi connectivity index (χ1n) is 17.9. The highest BCUT2D eigenvalue weighted by Crippen LogP contribution is 2.34. The first-order chi connectivity index (χ1) is 21.7. The van der Waals surface area contributed by atoms with E-state index in [4.69, 9.17) is 9.47 Å². The molecule has 0 radical (unpaired) electrons. The molecule has 0 N–H and O–H groups in total. The number of ether oxygens (including phenoxy) is 2. The van der Waals surface area contributed by atoms with E-state index in [-0.39, 0.29) is 30.4 Å². The Balaban J connectivity index is 1.77. The van der Waals surface area contributed by atoms with E-state index in [1.807, 2.05) is 42.6 Å². The number of amides is 2. The normalized spacial score (nSPS) is 11.4. The van der Waals surface area contributed by atoms with Crippen LogP contribution in [0.1, 0.15) is 149 Å². The quantitative estimate of drug-likeness (QED) is 0.0914. The Bertz CT molecular complexity index is 1120. The average molecular weight is 624 g/mol. The van der Waals surface area contributed by atoms with Gasteiger partial charge in [-0.2, -0.15) is 0 Å². The molecule has 1 aromatic heterocycles. The Morgan fingerprint density at radius 3 is 1.91 bits per heavy atom. The predicted octanol–water partition coefficient (Wildman–Crippen LogP) is 9.50. The van der Waals surface area contributed by atoms with E-state index in [0.29, 0.717) is 12.4 Å². The molecule has 6 nitrogen and oxygen atoms in total. The molecule has 0 atom stereocenters. The lowest BCUT2D eigenvalue weighted by Gasteiger charge is -2.24. The van der Waals surface area contributed by atoms with Crippen molar-refractivity contribution in [1.82, 2.24) is 4.90 Å². The van der Waals surface area contributed by atoms with Crippen molar-refractivity contribution in [3.63, 3.8) is 0 Å². The van der Waals surface area contributed by atoms with E-state index < -0.39 is 0 Å². The summed E-state index contributed by atoms with van der Waals surface area (Å²) < 4.78 is 14.3. The van der Waals surface area contributed by atoms with Crippen LogP contribution >= 0.6 is 0 Å². The third kappa shape index (κ3) is 15.3.